The SMILES string of the molecule is Cc1cc2cc([C@@H](c3nnnn3C[C@@H]3CCCO3)N3CCN(Cc4ccc5c(c4)OCO5)CC3)c(=O)[nH]c2cc1C. The molecule has 7 rings (SSSR count). The number of rotatable bonds is 7. The van der Waals surface area contributed by atoms with E-state index >= 15 is 0 Å². The standard InChI is InChI=1S/C30H35N7O4/c1-19-12-22-15-24(30(38)31-25(22)13-20(19)2)28(29-32-33-34-37(29)17-23-4-3-11-39-23)36-9-7-35(8-10-36)16-21-5-6-26-27(14-21)41-18-40-26/h5-6,12-15,23,28H,3-4,7-11,16-18H2,1-2H3,(H,31,38)/t23-,28-/m0/s1. The van der Waals surface area contributed by atoms with E-state index in [1.807, 2.05) is 22.9 Å². The summed E-state index contributed by atoms with van der Waals surface area (Å²) in [6, 6.07) is 12.0. The van der Waals surface area contributed by atoms with Crippen LogP contribution in [0, 0.1) is 13.8 Å². The van der Waals surface area contributed by atoms with Crippen LogP contribution in [-0.2, 0) is 17.8 Å². The number of nitrogens with zero attached hydrogens (tertiary/aromatic N) is 6. The van der Waals surface area contributed by atoms with Crippen molar-refractivity contribution in [1.82, 2.24) is 35.0 Å². The van der Waals surface area contributed by atoms with Gasteiger partial charge in [0.2, 0.25) is 6.79 Å². The summed E-state index contributed by atoms with van der Waals surface area (Å²) in [7, 11) is 0. The number of aryl methyl sites for hydroxylation is 2. The highest BCUT2D eigenvalue weighted by Gasteiger charge is 2.33. The summed E-state index contributed by atoms with van der Waals surface area (Å²) < 4.78 is 18.8. The Hall–Kier alpha value is -3.80. The molecule has 5 heterocycles. The average Bonchev–Trinajstić information content (AvgIpc) is 3.75. The molecule has 2 atom stereocenters. The van der Waals surface area contributed by atoms with Crippen LogP contribution in [0.15, 0.2) is 41.2 Å². The van der Waals surface area contributed by atoms with Gasteiger partial charge in [0.05, 0.1) is 12.6 Å². The molecule has 0 saturated carbocycles. The number of piperazine rings is 1. The molecule has 2 aromatic carbocycles. The van der Waals surface area contributed by atoms with Gasteiger partial charge in [0.25, 0.3) is 5.56 Å². The maximum absolute atomic E-state index is 13.6. The summed E-state index contributed by atoms with van der Waals surface area (Å²) in [5, 5.41) is 13.9. The monoisotopic (exact) mass is 557 g/mol. The molecule has 214 valence electrons. The van der Waals surface area contributed by atoms with Crippen molar-refractivity contribution in [2.75, 3.05) is 39.6 Å². The van der Waals surface area contributed by atoms with Gasteiger partial charge in [0.1, 0.15) is 6.04 Å². The third-order valence-electron chi connectivity index (χ3n) is 8.60. The first-order valence-electron chi connectivity index (χ1n) is 14.4. The van der Waals surface area contributed by atoms with E-state index in [2.05, 4.69) is 62.4 Å². The van der Waals surface area contributed by atoms with E-state index in [1.54, 1.807) is 0 Å². The van der Waals surface area contributed by atoms with Gasteiger partial charge in [-0.1, -0.05) is 6.07 Å². The van der Waals surface area contributed by atoms with Gasteiger partial charge in [-0.15, -0.1) is 5.10 Å². The highest BCUT2D eigenvalue weighted by atomic mass is 16.7. The molecule has 2 aromatic heterocycles. The first-order chi connectivity index (χ1) is 20.0. The van der Waals surface area contributed by atoms with Crippen LogP contribution in [0.5, 0.6) is 11.5 Å². The van der Waals surface area contributed by atoms with Crippen molar-refractivity contribution >= 4 is 10.9 Å². The van der Waals surface area contributed by atoms with Gasteiger partial charge >= 0.3 is 0 Å². The molecule has 11 heteroatoms. The maximum Gasteiger partial charge on any atom is 0.253 e. The molecular formula is C30H35N7O4. The van der Waals surface area contributed by atoms with E-state index in [4.69, 9.17) is 14.2 Å². The average molecular weight is 558 g/mol. The Labute approximate surface area is 238 Å². The number of fused-ring (bicyclic) bond motifs is 2. The molecule has 2 fully saturated rings. The number of nitrogens with one attached hydrogen (secondary N) is 1. The molecule has 41 heavy (non-hydrogen) atoms. The summed E-state index contributed by atoms with van der Waals surface area (Å²) in [5.41, 5.74) is 4.92. The smallest absolute Gasteiger partial charge is 0.253 e. The normalized spacial score (nSPS) is 20.2. The van der Waals surface area contributed by atoms with Gasteiger partial charge in [-0.2, -0.15) is 0 Å². The third kappa shape index (κ3) is 5.20. The molecule has 0 aliphatic carbocycles. The lowest BCUT2D eigenvalue weighted by molar-refractivity contribution is 0.0840. The van der Waals surface area contributed by atoms with Crippen LogP contribution < -0.4 is 15.0 Å². The first kappa shape index (κ1) is 26.1. The number of pyridine rings is 1. The number of tetrazole rings is 1. The predicted octanol–water partition coefficient (Wildman–Crippen LogP) is 2.95. The van der Waals surface area contributed by atoms with Crippen LogP contribution >= 0.6 is 0 Å². The molecule has 11 nitrogen and oxygen atoms in total. The van der Waals surface area contributed by atoms with Crippen molar-refractivity contribution in [2.24, 2.45) is 0 Å². The largest absolute Gasteiger partial charge is 0.454 e. The Kier molecular flexibility index (Phi) is 6.93. The van der Waals surface area contributed by atoms with Gasteiger partial charge in [-0.3, -0.25) is 14.6 Å². The summed E-state index contributed by atoms with van der Waals surface area (Å²) in [6.45, 7) is 9.83. The maximum atomic E-state index is 13.6. The quantitative estimate of drug-likeness (QED) is 0.367. The number of aromatic amines is 1. The molecule has 2 saturated heterocycles. The Morgan fingerprint density at radius 2 is 1.85 bits per heavy atom. The zero-order valence-electron chi connectivity index (χ0n) is 23.5. The minimum atomic E-state index is -0.381. The Balaban J connectivity index is 1.18. The molecule has 0 amide bonds. The summed E-state index contributed by atoms with van der Waals surface area (Å²) in [6.07, 6.45) is 2.11. The van der Waals surface area contributed by atoms with E-state index in [1.165, 1.54) is 11.1 Å². The lowest BCUT2D eigenvalue weighted by atomic mass is 10.00. The van der Waals surface area contributed by atoms with E-state index in [-0.39, 0.29) is 24.5 Å². The molecule has 4 aromatic rings. The number of hydrogen-bond donors (Lipinski definition) is 1. The fourth-order valence-electron chi connectivity index (χ4n) is 6.19. The summed E-state index contributed by atoms with van der Waals surface area (Å²) in [4.78, 5) is 21.6. The van der Waals surface area contributed by atoms with E-state index in [9.17, 15) is 4.79 Å². The van der Waals surface area contributed by atoms with Crippen molar-refractivity contribution in [2.45, 2.75) is 51.9 Å². The molecule has 1 N–H and O–H groups in total. The van der Waals surface area contributed by atoms with E-state index in [0.717, 1.165) is 80.1 Å². The number of benzene rings is 2. The molecule has 0 spiro atoms. The molecular weight excluding hydrogens is 522 g/mol. The minimum Gasteiger partial charge on any atom is -0.454 e. The van der Waals surface area contributed by atoms with Gasteiger partial charge in [0, 0.05) is 50.4 Å². The fourth-order valence-corrected chi connectivity index (χ4v) is 6.19. The zero-order valence-corrected chi connectivity index (χ0v) is 23.5. The second-order valence-corrected chi connectivity index (χ2v) is 11.3. The Bertz CT molecular complexity index is 1620. The van der Waals surface area contributed by atoms with Crippen molar-refractivity contribution in [3.05, 3.63) is 74.8 Å². The third-order valence-corrected chi connectivity index (χ3v) is 8.60. The van der Waals surface area contributed by atoms with Crippen LogP contribution in [0.3, 0.4) is 0 Å². The number of hydrogen-bond acceptors (Lipinski definition) is 9. The van der Waals surface area contributed by atoms with Gasteiger partial charge < -0.3 is 19.2 Å². The Morgan fingerprint density at radius 3 is 2.68 bits per heavy atom. The highest BCUT2D eigenvalue weighted by molar-refractivity contribution is 5.81. The van der Waals surface area contributed by atoms with Crippen molar-refractivity contribution in [1.29, 1.82) is 0 Å². The topological polar surface area (TPSA) is 111 Å². The minimum absolute atomic E-state index is 0.0805. The Morgan fingerprint density at radius 1 is 1.02 bits per heavy atom. The van der Waals surface area contributed by atoms with Gasteiger partial charge in [-0.05, 0) is 89.5 Å². The number of H-pyrrole nitrogens is 1. The number of aromatic nitrogens is 5. The summed E-state index contributed by atoms with van der Waals surface area (Å²) in [5.74, 6) is 2.28. The van der Waals surface area contributed by atoms with Crippen LogP contribution in [0.4, 0.5) is 0 Å². The van der Waals surface area contributed by atoms with Crippen LogP contribution in [0.2, 0.25) is 0 Å². The predicted molar refractivity (Wildman–Crippen MR) is 152 cm³/mol. The fraction of sp³-hybridized carbons (Fsp3) is 0.467. The summed E-state index contributed by atoms with van der Waals surface area (Å²) >= 11 is 0. The van der Waals surface area contributed by atoms with Crippen molar-refractivity contribution in [3.8, 4) is 11.5 Å². The molecule has 0 bridgehead atoms. The van der Waals surface area contributed by atoms with Gasteiger partial charge in [0.15, 0.2) is 17.3 Å². The molecule has 3 aliphatic rings. The lowest BCUT2D eigenvalue weighted by Gasteiger charge is -2.38. The van der Waals surface area contributed by atoms with Crippen LogP contribution in [0.25, 0.3) is 10.9 Å². The van der Waals surface area contributed by atoms with E-state index < -0.39 is 0 Å². The van der Waals surface area contributed by atoms with Crippen molar-refractivity contribution < 1.29 is 14.2 Å². The van der Waals surface area contributed by atoms with Crippen molar-refractivity contribution in [3.63, 3.8) is 0 Å². The van der Waals surface area contributed by atoms with Crippen LogP contribution in [-0.4, -0.2) is 80.7 Å². The molecule has 0 unspecified atom stereocenters. The highest BCUT2D eigenvalue weighted by Crippen LogP contribution is 2.33. The first-order valence-corrected chi connectivity index (χ1v) is 14.4. The second-order valence-electron chi connectivity index (χ2n) is 11.3. The van der Waals surface area contributed by atoms with Crippen LogP contribution in [0.1, 0.15) is 47.0 Å². The lowest BCUT2D eigenvalue weighted by Crippen LogP contribution is -2.48. The van der Waals surface area contributed by atoms with Gasteiger partial charge in [-0.25, -0.2) is 4.68 Å². The zero-order chi connectivity index (χ0) is 27.9. The second kappa shape index (κ2) is 10.9. The molecule has 0 radical (unpaired) electrons. The molecule has 3 aliphatic heterocycles. The van der Waals surface area contributed by atoms with E-state index in [0.29, 0.717) is 17.9 Å². The number of ether oxygens (including phenoxy) is 3.